The van der Waals surface area contributed by atoms with Gasteiger partial charge in [0.2, 0.25) is 0 Å². The van der Waals surface area contributed by atoms with E-state index in [0.29, 0.717) is 17.1 Å². The molecule has 156 valence electrons. The molecular weight excluding hydrogens is 412 g/mol. The number of aryl methyl sites for hydroxylation is 2. The minimum atomic E-state index is -0.469. The summed E-state index contributed by atoms with van der Waals surface area (Å²) in [5, 5.41) is 22.1. The first-order chi connectivity index (χ1) is 14.9. The van der Waals surface area contributed by atoms with Crippen LogP contribution >= 0.6 is 11.6 Å². The highest BCUT2D eigenvalue weighted by atomic mass is 35.5. The summed E-state index contributed by atoms with van der Waals surface area (Å²) < 4.78 is 5.89. The van der Waals surface area contributed by atoms with Crippen LogP contribution in [-0.4, -0.2) is 11.0 Å². The number of nitriles is 1. The van der Waals surface area contributed by atoms with E-state index < -0.39 is 5.91 Å². The Morgan fingerprint density at radius 1 is 1.06 bits per heavy atom. The van der Waals surface area contributed by atoms with Crippen LogP contribution in [0.1, 0.15) is 22.3 Å². The summed E-state index contributed by atoms with van der Waals surface area (Å²) >= 11 is 6.19. The summed E-state index contributed by atoms with van der Waals surface area (Å²) in [6.07, 6.45) is 1.47. The second kappa shape index (κ2) is 9.84. The topological polar surface area (TPSA) is 82.3 Å². The highest BCUT2D eigenvalue weighted by molar-refractivity contribution is 6.32. The number of ether oxygens (including phenoxy) is 1. The second-order valence-electron chi connectivity index (χ2n) is 7.06. The summed E-state index contributed by atoms with van der Waals surface area (Å²) in [6, 6.07) is 19.2. The third-order valence-electron chi connectivity index (χ3n) is 4.59. The number of aromatic hydroxyl groups is 1. The van der Waals surface area contributed by atoms with Crippen molar-refractivity contribution in [3.05, 3.63) is 93.5 Å². The number of carbonyl (C=O) groups excluding carboxylic acids is 1. The summed E-state index contributed by atoms with van der Waals surface area (Å²) in [5.41, 5.74) is 3.40. The Balaban J connectivity index is 1.61. The lowest BCUT2D eigenvalue weighted by atomic mass is 10.1. The van der Waals surface area contributed by atoms with E-state index in [9.17, 15) is 15.2 Å². The average molecular weight is 433 g/mol. The highest BCUT2D eigenvalue weighted by Gasteiger charge is 2.09. The van der Waals surface area contributed by atoms with Crippen molar-refractivity contribution >= 4 is 23.6 Å². The maximum absolute atomic E-state index is 12.3. The molecule has 0 saturated carbocycles. The van der Waals surface area contributed by atoms with Gasteiger partial charge in [-0.05, 0) is 78.6 Å². The van der Waals surface area contributed by atoms with Gasteiger partial charge in [-0.15, -0.1) is 0 Å². The number of hydrogen-bond donors (Lipinski definition) is 2. The van der Waals surface area contributed by atoms with Crippen LogP contribution in [0, 0.1) is 25.2 Å². The molecule has 0 aliphatic rings. The zero-order valence-electron chi connectivity index (χ0n) is 17.1. The standard InChI is InChI=1S/C25H21ClN2O3/c1-16-11-23(12-17(2)24(16)26)31-22-9-5-19(6-10-22)15-28-25(30)20(14-27)13-18-3-7-21(29)8-4-18/h3-13,29H,15H2,1-2H3,(H,28,30)/b20-13+. The van der Waals surface area contributed by atoms with Crippen LogP contribution in [0.4, 0.5) is 0 Å². The molecule has 0 aromatic heterocycles. The van der Waals surface area contributed by atoms with Crippen molar-refractivity contribution in [3.63, 3.8) is 0 Å². The van der Waals surface area contributed by atoms with Crippen molar-refractivity contribution in [2.45, 2.75) is 20.4 Å². The SMILES string of the molecule is Cc1cc(Oc2ccc(CNC(=O)/C(C#N)=C/c3ccc(O)cc3)cc2)cc(C)c1Cl. The summed E-state index contributed by atoms with van der Waals surface area (Å²) in [4.78, 5) is 12.3. The molecule has 0 spiro atoms. The minimum Gasteiger partial charge on any atom is -0.508 e. The first-order valence-electron chi connectivity index (χ1n) is 9.58. The fourth-order valence-electron chi connectivity index (χ4n) is 2.94. The molecule has 2 N–H and O–H groups in total. The molecule has 0 bridgehead atoms. The molecule has 0 saturated heterocycles. The predicted octanol–water partition coefficient (Wildman–Crippen LogP) is 5.68. The summed E-state index contributed by atoms with van der Waals surface area (Å²) in [5.74, 6) is 1.02. The molecule has 31 heavy (non-hydrogen) atoms. The molecule has 0 aliphatic heterocycles. The number of nitrogens with zero attached hydrogens (tertiary/aromatic N) is 1. The van der Waals surface area contributed by atoms with Crippen LogP contribution in [0.5, 0.6) is 17.2 Å². The number of rotatable bonds is 6. The summed E-state index contributed by atoms with van der Waals surface area (Å²) in [6.45, 7) is 4.13. The number of phenols is 1. The first-order valence-corrected chi connectivity index (χ1v) is 9.96. The van der Waals surface area contributed by atoms with Gasteiger partial charge >= 0.3 is 0 Å². The molecule has 0 radical (unpaired) electrons. The molecule has 0 fully saturated rings. The molecule has 6 heteroatoms. The molecule has 3 rings (SSSR count). The molecule has 0 heterocycles. The van der Waals surface area contributed by atoms with Crippen LogP contribution in [-0.2, 0) is 11.3 Å². The van der Waals surface area contributed by atoms with Crippen LogP contribution in [0.15, 0.2) is 66.2 Å². The van der Waals surface area contributed by atoms with Crippen LogP contribution in [0.25, 0.3) is 6.08 Å². The Morgan fingerprint density at radius 2 is 1.68 bits per heavy atom. The lowest BCUT2D eigenvalue weighted by Crippen LogP contribution is -2.23. The van der Waals surface area contributed by atoms with Crippen LogP contribution in [0.3, 0.4) is 0 Å². The van der Waals surface area contributed by atoms with Crippen LogP contribution < -0.4 is 10.1 Å². The Morgan fingerprint density at radius 3 is 2.26 bits per heavy atom. The van der Waals surface area contributed by atoms with Gasteiger partial charge in [-0.3, -0.25) is 4.79 Å². The Kier molecular flexibility index (Phi) is 6.96. The van der Waals surface area contributed by atoms with Gasteiger partial charge in [-0.25, -0.2) is 0 Å². The normalized spacial score (nSPS) is 11.0. The zero-order valence-corrected chi connectivity index (χ0v) is 17.9. The monoisotopic (exact) mass is 432 g/mol. The molecule has 0 aliphatic carbocycles. The van der Waals surface area contributed by atoms with E-state index in [1.165, 1.54) is 18.2 Å². The number of carbonyl (C=O) groups is 1. The van der Waals surface area contributed by atoms with Crippen molar-refractivity contribution in [2.75, 3.05) is 0 Å². The number of phenolic OH excluding ortho intramolecular Hbond substituents is 1. The number of hydrogen-bond acceptors (Lipinski definition) is 4. The van der Waals surface area contributed by atoms with Crippen molar-refractivity contribution in [1.29, 1.82) is 5.26 Å². The number of halogens is 1. The fraction of sp³-hybridized carbons (Fsp3) is 0.120. The molecule has 3 aromatic rings. The Hall–Kier alpha value is -3.75. The number of benzene rings is 3. The molecule has 0 atom stereocenters. The zero-order chi connectivity index (χ0) is 22.4. The maximum Gasteiger partial charge on any atom is 0.262 e. The van der Waals surface area contributed by atoms with Gasteiger partial charge < -0.3 is 15.2 Å². The van der Waals surface area contributed by atoms with Crippen molar-refractivity contribution in [2.24, 2.45) is 0 Å². The third kappa shape index (κ3) is 5.88. The van der Waals surface area contributed by atoms with Crippen molar-refractivity contribution < 1.29 is 14.6 Å². The van der Waals surface area contributed by atoms with Gasteiger partial charge in [0.15, 0.2) is 0 Å². The Bertz CT molecular complexity index is 1140. The van der Waals surface area contributed by atoms with Gasteiger partial charge in [0.25, 0.3) is 5.91 Å². The van der Waals surface area contributed by atoms with Crippen LogP contribution in [0.2, 0.25) is 5.02 Å². The van der Waals surface area contributed by atoms with E-state index in [0.717, 1.165) is 21.7 Å². The first kappa shape index (κ1) is 21.9. The van der Waals surface area contributed by atoms with Crippen molar-refractivity contribution in [1.82, 2.24) is 5.32 Å². The highest BCUT2D eigenvalue weighted by Crippen LogP contribution is 2.29. The fourth-order valence-corrected chi connectivity index (χ4v) is 3.05. The van der Waals surface area contributed by atoms with E-state index >= 15 is 0 Å². The molecule has 1 amide bonds. The van der Waals surface area contributed by atoms with E-state index in [-0.39, 0.29) is 17.9 Å². The molecule has 3 aromatic carbocycles. The predicted molar refractivity (Wildman–Crippen MR) is 121 cm³/mol. The van der Waals surface area contributed by atoms with E-state index in [4.69, 9.17) is 16.3 Å². The van der Waals surface area contributed by atoms with Gasteiger partial charge in [-0.1, -0.05) is 35.9 Å². The number of nitrogens with one attached hydrogen (secondary N) is 1. The largest absolute Gasteiger partial charge is 0.508 e. The van der Waals surface area contributed by atoms with Gasteiger partial charge in [0, 0.05) is 11.6 Å². The molecule has 5 nitrogen and oxygen atoms in total. The van der Waals surface area contributed by atoms with Gasteiger partial charge in [0.05, 0.1) is 0 Å². The van der Waals surface area contributed by atoms with E-state index in [1.54, 1.807) is 12.1 Å². The Labute approximate surface area is 186 Å². The molecule has 0 unspecified atom stereocenters. The quantitative estimate of drug-likeness (QED) is 0.388. The lowest BCUT2D eigenvalue weighted by Gasteiger charge is -2.10. The van der Waals surface area contributed by atoms with Gasteiger partial charge in [0.1, 0.15) is 28.9 Å². The minimum absolute atomic E-state index is 0.0147. The van der Waals surface area contributed by atoms with E-state index in [1.807, 2.05) is 56.3 Å². The van der Waals surface area contributed by atoms with Crippen molar-refractivity contribution in [3.8, 4) is 23.3 Å². The maximum atomic E-state index is 12.3. The van der Waals surface area contributed by atoms with Gasteiger partial charge in [-0.2, -0.15) is 5.26 Å². The second-order valence-corrected chi connectivity index (χ2v) is 7.44. The van der Waals surface area contributed by atoms with E-state index in [2.05, 4.69) is 5.32 Å². The number of amides is 1. The average Bonchev–Trinajstić information content (AvgIpc) is 2.76. The smallest absolute Gasteiger partial charge is 0.262 e. The lowest BCUT2D eigenvalue weighted by molar-refractivity contribution is -0.117. The molecular formula is C25H21ClN2O3. The third-order valence-corrected chi connectivity index (χ3v) is 5.19. The summed E-state index contributed by atoms with van der Waals surface area (Å²) in [7, 11) is 0.